The van der Waals surface area contributed by atoms with Gasteiger partial charge in [-0.15, -0.1) is 0 Å². The Bertz CT molecular complexity index is 1230. The first-order valence-corrected chi connectivity index (χ1v) is 10.1. The van der Waals surface area contributed by atoms with Crippen LogP contribution in [0.3, 0.4) is 0 Å². The topological polar surface area (TPSA) is 106 Å². The van der Waals surface area contributed by atoms with Crippen molar-refractivity contribution in [3.63, 3.8) is 0 Å². The van der Waals surface area contributed by atoms with Crippen LogP contribution < -0.4 is 25.1 Å². The van der Waals surface area contributed by atoms with Gasteiger partial charge in [0.15, 0.2) is 17.2 Å². The van der Waals surface area contributed by atoms with Crippen molar-refractivity contribution in [2.45, 2.75) is 6.92 Å². The second kappa shape index (κ2) is 9.39. The number of anilines is 1. The summed E-state index contributed by atoms with van der Waals surface area (Å²) in [5, 5.41) is 8.50. The highest BCUT2D eigenvalue weighted by molar-refractivity contribution is 6.72. The Morgan fingerprint density at radius 3 is 2.24 bits per heavy atom. The summed E-state index contributed by atoms with van der Waals surface area (Å²) in [6.45, 7) is 2.03. The molecule has 9 nitrogen and oxygen atoms in total. The van der Waals surface area contributed by atoms with Crippen LogP contribution >= 0.6 is 0 Å². The van der Waals surface area contributed by atoms with Crippen LogP contribution in [0.25, 0.3) is 11.1 Å². The number of rotatable bonds is 7. The van der Waals surface area contributed by atoms with E-state index in [0.717, 1.165) is 22.4 Å². The van der Waals surface area contributed by atoms with Gasteiger partial charge in [-0.1, -0.05) is 6.07 Å². The van der Waals surface area contributed by atoms with E-state index in [1.165, 1.54) is 21.3 Å². The number of hydrogen-bond acceptors (Lipinski definition) is 8. The minimum Gasteiger partial charge on any atom is -0.493 e. The fraction of sp³-hybridized carbons (Fsp3) is 0.167. The SMILES string of the molecule is COc1cc(C2=NNC(=O)/C2=N/Nc2ccc(C)c(-c3ccncc3)c2)cc(OC)c1OC. The zero-order chi connectivity index (χ0) is 23.4. The molecular formula is C24H23N5O4. The maximum atomic E-state index is 12.5. The summed E-state index contributed by atoms with van der Waals surface area (Å²) in [7, 11) is 4.57. The Hall–Kier alpha value is -4.40. The molecule has 0 bridgehead atoms. The number of benzene rings is 2. The van der Waals surface area contributed by atoms with E-state index in [4.69, 9.17) is 14.2 Å². The maximum absolute atomic E-state index is 12.5. The van der Waals surface area contributed by atoms with E-state index in [2.05, 4.69) is 26.0 Å². The van der Waals surface area contributed by atoms with Crippen molar-refractivity contribution in [2.75, 3.05) is 26.8 Å². The molecule has 0 fully saturated rings. The van der Waals surface area contributed by atoms with E-state index >= 15 is 0 Å². The minimum absolute atomic E-state index is 0.135. The Kier molecular flexibility index (Phi) is 6.21. The molecule has 0 unspecified atom stereocenters. The Balaban J connectivity index is 1.67. The van der Waals surface area contributed by atoms with Crippen molar-refractivity contribution < 1.29 is 19.0 Å². The average Bonchev–Trinajstić information content (AvgIpc) is 3.23. The lowest BCUT2D eigenvalue weighted by Gasteiger charge is -2.14. The summed E-state index contributed by atoms with van der Waals surface area (Å²) in [5.41, 5.74) is 10.4. The van der Waals surface area contributed by atoms with Crippen LogP contribution in [-0.4, -0.2) is 43.6 Å². The van der Waals surface area contributed by atoms with Gasteiger partial charge in [0.1, 0.15) is 5.71 Å². The van der Waals surface area contributed by atoms with E-state index in [9.17, 15) is 4.79 Å². The van der Waals surface area contributed by atoms with Crippen LogP contribution in [0.1, 0.15) is 11.1 Å². The maximum Gasteiger partial charge on any atom is 0.294 e. The second-order valence-electron chi connectivity index (χ2n) is 7.15. The predicted molar refractivity (Wildman–Crippen MR) is 126 cm³/mol. The summed E-state index contributed by atoms with van der Waals surface area (Å²) in [4.78, 5) is 16.5. The summed E-state index contributed by atoms with van der Waals surface area (Å²) in [5.74, 6) is 0.915. The number of methoxy groups -OCH3 is 3. The normalized spacial score (nSPS) is 14.0. The third kappa shape index (κ3) is 4.33. The molecule has 4 rings (SSSR count). The Morgan fingerprint density at radius 2 is 1.61 bits per heavy atom. The van der Waals surface area contributed by atoms with Crippen molar-refractivity contribution in [1.29, 1.82) is 0 Å². The van der Waals surface area contributed by atoms with Crippen LogP contribution in [0.4, 0.5) is 5.69 Å². The molecule has 0 atom stereocenters. The molecule has 0 saturated heterocycles. The first-order chi connectivity index (χ1) is 16.0. The lowest BCUT2D eigenvalue weighted by Crippen LogP contribution is -2.25. The molecule has 2 N–H and O–H groups in total. The largest absolute Gasteiger partial charge is 0.493 e. The summed E-state index contributed by atoms with van der Waals surface area (Å²) in [6.07, 6.45) is 3.50. The van der Waals surface area contributed by atoms with Gasteiger partial charge in [-0.3, -0.25) is 15.2 Å². The number of carbonyl (C=O) groups is 1. The molecule has 2 aromatic carbocycles. The number of nitrogens with zero attached hydrogens (tertiary/aromatic N) is 3. The number of hydrazone groups is 2. The monoisotopic (exact) mass is 445 g/mol. The van der Waals surface area contributed by atoms with Gasteiger partial charge in [0.2, 0.25) is 5.75 Å². The number of carbonyl (C=O) groups excluding carboxylic acids is 1. The first-order valence-electron chi connectivity index (χ1n) is 10.1. The fourth-order valence-electron chi connectivity index (χ4n) is 3.50. The number of amides is 1. The van der Waals surface area contributed by atoms with E-state index in [-0.39, 0.29) is 5.71 Å². The fourth-order valence-corrected chi connectivity index (χ4v) is 3.50. The highest BCUT2D eigenvalue weighted by Crippen LogP contribution is 2.38. The Morgan fingerprint density at radius 1 is 0.909 bits per heavy atom. The average molecular weight is 445 g/mol. The predicted octanol–water partition coefficient (Wildman–Crippen LogP) is 3.38. The van der Waals surface area contributed by atoms with Crippen LogP contribution in [0.2, 0.25) is 0 Å². The molecule has 9 heteroatoms. The number of aromatic nitrogens is 1. The van der Waals surface area contributed by atoms with Crippen molar-refractivity contribution in [1.82, 2.24) is 10.4 Å². The van der Waals surface area contributed by atoms with Gasteiger partial charge in [0.25, 0.3) is 5.91 Å². The van der Waals surface area contributed by atoms with E-state index in [1.54, 1.807) is 24.5 Å². The number of pyridine rings is 1. The van der Waals surface area contributed by atoms with Crippen LogP contribution in [0.5, 0.6) is 17.2 Å². The standard InChI is InChI=1S/C24H23N5O4/c1-14-5-6-17(13-18(14)15-7-9-25-10-8-15)26-28-22-21(27-29-24(22)30)16-11-19(31-2)23(33-4)20(12-16)32-3/h5-13,26H,1-4H3,(H,28,29,30). The molecule has 0 radical (unpaired) electrons. The van der Waals surface area contributed by atoms with Crippen molar-refractivity contribution in [3.8, 4) is 28.4 Å². The van der Waals surface area contributed by atoms with Gasteiger partial charge in [-0.2, -0.15) is 10.2 Å². The molecule has 1 aliphatic rings. The molecule has 2 heterocycles. The van der Waals surface area contributed by atoms with Crippen LogP contribution in [-0.2, 0) is 4.79 Å². The molecule has 1 amide bonds. The molecule has 168 valence electrons. The smallest absolute Gasteiger partial charge is 0.294 e. The number of hydrogen-bond donors (Lipinski definition) is 2. The first kappa shape index (κ1) is 21.8. The molecule has 0 spiro atoms. The third-order valence-electron chi connectivity index (χ3n) is 5.17. The van der Waals surface area contributed by atoms with Gasteiger partial charge in [-0.05, 0) is 60.0 Å². The second-order valence-corrected chi connectivity index (χ2v) is 7.15. The highest BCUT2D eigenvalue weighted by Gasteiger charge is 2.28. The van der Waals surface area contributed by atoms with Crippen molar-refractivity contribution >= 4 is 23.0 Å². The number of aryl methyl sites for hydroxylation is 1. The number of ether oxygens (including phenoxy) is 3. The molecule has 0 aliphatic carbocycles. The lowest BCUT2D eigenvalue weighted by molar-refractivity contribution is -0.114. The van der Waals surface area contributed by atoms with Crippen molar-refractivity contribution in [3.05, 3.63) is 66.0 Å². The molecule has 3 aromatic rings. The minimum atomic E-state index is -0.423. The molecule has 1 aromatic heterocycles. The highest BCUT2D eigenvalue weighted by atomic mass is 16.5. The van der Waals surface area contributed by atoms with E-state index in [1.807, 2.05) is 37.3 Å². The van der Waals surface area contributed by atoms with Gasteiger partial charge in [0, 0.05) is 18.0 Å². The zero-order valence-corrected chi connectivity index (χ0v) is 18.7. The molecule has 33 heavy (non-hydrogen) atoms. The van der Waals surface area contributed by atoms with E-state index in [0.29, 0.717) is 28.5 Å². The summed E-state index contributed by atoms with van der Waals surface area (Å²) >= 11 is 0. The summed E-state index contributed by atoms with van der Waals surface area (Å²) in [6, 6.07) is 13.2. The summed E-state index contributed by atoms with van der Waals surface area (Å²) < 4.78 is 16.2. The van der Waals surface area contributed by atoms with E-state index < -0.39 is 5.91 Å². The quantitative estimate of drug-likeness (QED) is 0.540. The van der Waals surface area contributed by atoms with Gasteiger partial charge >= 0.3 is 0 Å². The van der Waals surface area contributed by atoms with Gasteiger partial charge < -0.3 is 14.2 Å². The van der Waals surface area contributed by atoms with Gasteiger partial charge in [-0.25, -0.2) is 5.43 Å². The van der Waals surface area contributed by atoms with Crippen LogP contribution in [0.15, 0.2) is 65.1 Å². The van der Waals surface area contributed by atoms with Crippen molar-refractivity contribution in [2.24, 2.45) is 10.2 Å². The van der Waals surface area contributed by atoms with Gasteiger partial charge in [0.05, 0.1) is 27.0 Å². The molecule has 1 aliphatic heterocycles. The lowest BCUT2D eigenvalue weighted by atomic mass is 10.0. The molecular weight excluding hydrogens is 422 g/mol. The number of nitrogens with one attached hydrogen (secondary N) is 2. The van der Waals surface area contributed by atoms with Crippen LogP contribution in [0, 0.1) is 6.92 Å². The molecule has 0 saturated carbocycles. The zero-order valence-electron chi connectivity index (χ0n) is 18.7. The third-order valence-corrected chi connectivity index (χ3v) is 5.17. The Labute approximate surface area is 191 Å².